The number of halogens is 6. The number of fused-ring (bicyclic) bond motifs is 3. The van der Waals surface area contributed by atoms with Crippen LogP contribution < -0.4 is 32.6 Å². The van der Waals surface area contributed by atoms with Crippen molar-refractivity contribution < 1.29 is 46.6 Å². The maximum Gasteiger partial charge on any atom is 0.481 e. The van der Waals surface area contributed by atoms with Crippen LogP contribution in [0.1, 0.15) is 16.7 Å². The number of ether oxygens (including phenoxy) is 6. The molecule has 0 unspecified atom stereocenters. The van der Waals surface area contributed by atoms with Gasteiger partial charge in [0.2, 0.25) is 17.8 Å². The van der Waals surface area contributed by atoms with Crippen LogP contribution in [0.25, 0.3) is 33.1 Å². The molecule has 0 radical (unpaired) electrons. The molecule has 0 spiro atoms. The second-order valence-electron chi connectivity index (χ2n) is 18.1. The van der Waals surface area contributed by atoms with E-state index in [0.717, 1.165) is 16.7 Å². The number of aromatic nitrogens is 12. The van der Waals surface area contributed by atoms with Gasteiger partial charge in [-0.3, -0.25) is 57.0 Å². The number of aromatic amines is 3. The molecule has 0 bridgehead atoms. The van der Waals surface area contributed by atoms with Gasteiger partial charge in [0.05, 0.1) is 128 Å². The van der Waals surface area contributed by atoms with Gasteiger partial charge in [-0.1, -0.05) is 87.8 Å². The molecule has 9 aromatic rings. The Hall–Kier alpha value is -6.28. The normalized spacial score (nSPS) is 11.9. The third kappa shape index (κ3) is 18.2. The highest BCUT2D eigenvalue weighted by Gasteiger charge is 2.28. The van der Waals surface area contributed by atoms with Crippen LogP contribution >= 0.6 is 77.4 Å². The predicted molar refractivity (Wildman–Crippen MR) is 322 cm³/mol. The summed E-state index contributed by atoms with van der Waals surface area (Å²) in [4.78, 5) is 60.6. The smallest absolute Gasteiger partial charge is 0.377 e. The first kappa shape index (κ1) is 64.2. The van der Waals surface area contributed by atoms with E-state index in [1.807, 2.05) is 0 Å². The Balaban J connectivity index is 0.686. The lowest BCUT2D eigenvalue weighted by Crippen LogP contribution is -2.18. The summed E-state index contributed by atoms with van der Waals surface area (Å²) in [5.74, 6) is 0.763. The fraction of sp³-hybridized carbons (Fsp3) is 0.353. The first-order valence-electron chi connectivity index (χ1n) is 26.1. The van der Waals surface area contributed by atoms with Crippen LogP contribution in [0.15, 0.2) is 87.6 Å². The molecular formula is C51H54Cl6N15O13P. The van der Waals surface area contributed by atoms with Gasteiger partial charge >= 0.3 is 7.82 Å². The third-order valence-electron chi connectivity index (χ3n) is 12.2. The molecule has 28 nitrogen and oxygen atoms in total. The van der Waals surface area contributed by atoms with Gasteiger partial charge in [0, 0.05) is 19.6 Å². The molecule has 0 aliphatic carbocycles. The van der Waals surface area contributed by atoms with Crippen molar-refractivity contribution in [3.05, 3.63) is 151 Å². The Bertz CT molecular complexity index is 3580. The molecule has 6 heterocycles. The zero-order valence-electron chi connectivity index (χ0n) is 45.2. The summed E-state index contributed by atoms with van der Waals surface area (Å²) < 4.78 is 67.9. The molecular weight excluding hydrogens is 1270 g/mol. The van der Waals surface area contributed by atoms with Gasteiger partial charge in [-0.15, -0.1) is 0 Å². The molecule has 0 amide bonds. The summed E-state index contributed by atoms with van der Waals surface area (Å²) in [5, 5.41) is 24.6. The van der Waals surface area contributed by atoms with Gasteiger partial charge in [0.1, 0.15) is 16.6 Å². The number of hydrogen-bond donors (Lipinski definition) is 6. The zero-order chi connectivity index (χ0) is 60.4. The molecule has 0 saturated carbocycles. The van der Waals surface area contributed by atoms with Crippen LogP contribution in [0.5, 0.6) is 0 Å². The first-order valence-corrected chi connectivity index (χ1v) is 29.8. The Morgan fingerprint density at radius 3 is 0.988 bits per heavy atom. The van der Waals surface area contributed by atoms with E-state index in [-0.39, 0.29) is 113 Å². The van der Waals surface area contributed by atoms with E-state index >= 15 is 0 Å². The van der Waals surface area contributed by atoms with E-state index < -0.39 is 44.9 Å². The highest BCUT2D eigenvalue weighted by Crippen LogP contribution is 2.49. The SMILES string of the molecule is O=c1[nH]c(NCc2ccc(Cl)c(Cl)c2)nc2cnn(CCOCCOCOP(=O)(OCOCCOCCn3ncc4nc(NCc5ccc(Cl)c(Cl)c5)[nH]c(=O)c43)OCOCCOCCn3ncc4nc(NCc5ccc(Cl)c(Cl)c5)[nH]c(=O)c43)c12. The lowest BCUT2D eigenvalue weighted by molar-refractivity contribution is -0.0845. The summed E-state index contributed by atoms with van der Waals surface area (Å²) in [6.45, 7) is 0.851. The number of phosphoric ester groups is 1. The van der Waals surface area contributed by atoms with Crippen molar-refractivity contribution in [2.24, 2.45) is 0 Å². The summed E-state index contributed by atoms with van der Waals surface area (Å²) >= 11 is 36.4. The number of benzene rings is 3. The number of rotatable bonds is 36. The lowest BCUT2D eigenvalue weighted by atomic mass is 10.2. The quantitative estimate of drug-likeness (QED) is 0.0122. The summed E-state index contributed by atoms with van der Waals surface area (Å²) in [5.41, 5.74) is 3.24. The molecule has 0 fully saturated rings. The van der Waals surface area contributed by atoms with Gasteiger partial charge in [-0.25, -0.2) is 19.5 Å². The number of hydrogen-bond acceptors (Lipinski definition) is 22. The minimum absolute atomic E-state index is 0.00878. The average molecular weight is 1330 g/mol. The molecule has 0 atom stereocenters. The maximum atomic E-state index is 13.7. The summed E-state index contributed by atoms with van der Waals surface area (Å²) in [6.07, 6.45) is 4.44. The van der Waals surface area contributed by atoms with Gasteiger partial charge in [-0.05, 0) is 53.1 Å². The molecule has 9 rings (SSSR count). The van der Waals surface area contributed by atoms with E-state index in [2.05, 4.69) is 61.2 Å². The molecule has 3 aromatic carbocycles. The van der Waals surface area contributed by atoms with Crippen molar-refractivity contribution in [3.63, 3.8) is 0 Å². The molecule has 6 N–H and O–H groups in total. The van der Waals surface area contributed by atoms with E-state index in [0.29, 0.717) is 66.3 Å². The Morgan fingerprint density at radius 2 is 0.698 bits per heavy atom. The standard InChI is InChI=1S/C51H54Cl6N15O13P/c52-34-4-1-31(19-37(34)55)22-58-49-64-40-25-61-70(43(40)46(73)67-49)7-10-77-13-16-80-28-83-86(76,84-29-81-17-14-78-11-8-71-44-41(26-62-71)65-50(68-47(44)74)59-23-32-2-5-35(53)38(56)20-32)85-30-82-18-15-79-12-9-72-45-42(27-63-72)66-51(69-48(45)75)60-24-33-3-6-36(54)39(57)21-33/h1-6,19-21,25-27H,7-18,22-24,28-30H2,(H2,58,64,67,73)(H2,59,65,68,74)(H2,60,66,69,75). The third-order valence-corrected chi connectivity index (χ3v) is 15.7. The minimum atomic E-state index is -4.36. The zero-order valence-corrected chi connectivity index (χ0v) is 50.6. The van der Waals surface area contributed by atoms with E-state index in [1.165, 1.54) is 32.6 Å². The van der Waals surface area contributed by atoms with Crippen molar-refractivity contribution in [3.8, 4) is 0 Å². The van der Waals surface area contributed by atoms with Crippen molar-refractivity contribution >= 4 is 128 Å². The Labute approximate surface area is 517 Å². The van der Waals surface area contributed by atoms with Crippen LogP contribution in [0.2, 0.25) is 30.1 Å². The number of phosphoric acid groups is 1. The average Bonchev–Trinajstić information content (AvgIpc) is 2.16. The predicted octanol–water partition coefficient (Wildman–Crippen LogP) is 8.27. The van der Waals surface area contributed by atoms with Crippen LogP contribution in [0.4, 0.5) is 17.8 Å². The van der Waals surface area contributed by atoms with E-state index in [1.54, 1.807) is 54.6 Å². The monoisotopic (exact) mass is 1330 g/mol. The highest BCUT2D eigenvalue weighted by molar-refractivity contribution is 7.48. The van der Waals surface area contributed by atoms with E-state index in [4.69, 9.17) is 112 Å². The fourth-order valence-electron chi connectivity index (χ4n) is 7.99. The van der Waals surface area contributed by atoms with Crippen LogP contribution in [-0.4, -0.2) is 139 Å². The summed E-state index contributed by atoms with van der Waals surface area (Å²) in [6, 6.07) is 15.6. The van der Waals surface area contributed by atoms with Crippen LogP contribution in [-0.2, 0) is 85.8 Å². The van der Waals surface area contributed by atoms with Gasteiger partial charge in [0.25, 0.3) is 16.7 Å². The topological polar surface area (TPSA) is 327 Å². The molecule has 6 aromatic heterocycles. The Kier molecular flexibility index (Phi) is 23.6. The van der Waals surface area contributed by atoms with Gasteiger partial charge in [-0.2, -0.15) is 15.3 Å². The Morgan fingerprint density at radius 1 is 0.407 bits per heavy atom. The van der Waals surface area contributed by atoms with Crippen molar-refractivity contribution in [2.45, 2.75) is 39.3 Å². The highest BCUT2D eigenvalue weighted by atomic mass is 35.5. The summed E-state index contributed by atoms with van der Waals surface area (Å²) in [7, 11) is -4.36. The van der Waals surface area contributed by atoms with Crippen molar-refractivity contribution in [1.82, 2.24) is 59.2 Å². The van der Waals surface area contributed by atoms with Crippen molar-refractivity contribution in [2.75, 3.05) is 95.8 Å². The molecule has 458 valence electrons. The molecule has 86 heavy (non-hydrogen) atoms. The van der Waals surface area contributed by atoms with Gasteiger partial charge in [0.15, 0.2) is 36.9 Å². The first-order chi connectivity index (χ1) is 41.7. The molecule has 0 saturated heterocycles. The number of H-pyrrole nitrogens is 3. The van der Waals surface area contributed by atoms with Crippen molar-refractivity contribution in [1.29, 1.82) is 0 Å². The molecule has 0 aliphatic heterocycles. The second-order valence-corrected chi connectivity index (χ2v) is 22.2. The van der Waals surface area contributed by atoms with E-state index in [9.17, 15) is 18.9 Å². The van der Waals surface area contributed by atoms with Gasteiger partial charge < -0.3 is 44.4 Å². The maximum absolute atomic E-state index is 13.7. The van der Waals surface area contributed by atoms with Crippen LogP contribution in [0.3, 0.4) is 0 Å². The fourth-order valence-corrected chi connectivity index (χ4v) is 9.79. The number of nitrogens with zero attached hydrogens (tertiary/aromatic N) is 9. The second kappa shape index (κ2) is 31.6. The molecule has 0 aliphatic rings. The number of nitrogens with one attached hydrogen (secondary N) is 6. The lowest BCUT2D eigenvalue weighted by Gasteiger charge is -2.18. The minimum Gasteiger partial charge on any atom is -0.377 e. The molecule has 35 heteroatoms. The largest absolute Gasteiger partial charge is 0.481 e. The number of anilines is 3. The van der Waals surface area contributed by atoms with Crippen LogP contribution in [0, 0.1) is 0 Å².